The summed E-state index contributed by atoms with van der Waals surface area (Å²) in [4.78, 5) is 0. The van der Waals surface area contributed by atoms with E-state index in [2.05, 4.69) is 30.3 Å². The number of hydrazine groups is 1. The largest absolute Gasteiger partial charge is 0.327 e. The van der Waals surface area contributed by atoms with Crippen molar-refractivity contribution in [2.45, 2.75) is 26.3 Å². The molecule has 4 heteroatoms. The van der Waals surface area contributed by atoms with Gasteiger partial charge in [0.2, 0.25) is 0 Å². The Bertz CT molecular complexity index is 222. The SMILES string of the molecule is C=C.C=C(NN)C(C)N1CCC(C)=N1. The molecule has 1 unspecified atom stereocenters. The van der Waals surface area contributed by atoms with E-state index in [-0.39, 0.29) is 6.04 Å². The number of nitrogens with zero attached hydrogens (tertiary/aromatic N) is 2. The van der Waals surface area contributed by atoms with Crippen LogP contribution in [0.15, 0.2) is 30.5 Å². The van der Waals surface area contributed by atoms with E-state index in [9.17, 15) is 0 Å². The smallest absolute Gasteiger partial charge is 0.0844 e. The molecular weight excluding hydrogens is 176 g/mol. The molecule has 0 saturated carbocycles. The molecule has 1 heterocycles. The first kappa shape index (κ1) is 12.7. The number of nitrogens with two attached hydrogens (primary N) is 1. The molecule has 0 bridgehead atoms. The first-order chi connectivity index (χ1) is 6.65. The third kappa shape index (κ3) is 3.22. The lowest BCUT2D eigenvalue weighted by molar-refractivity contribution is 0.263. The van der Waals surface area contributed by atoms with Gasteiger partial charge in [-0.15, -0.1) is 13.2 Å². The average Bonchev–Trinajstić information content (AvgIpc) is 2.65. The number of hydrazone groups is 1. The number of hydrogen-bond donors (Lipinski definition) is 2. The van der Waals surface area contributed by atoms with Crippen molar-refractivity contribution in [2.24, 2.45) is 10.9 Å². The summed E-state index contributed by atoms with van der Waals surface area (Å²) < 4.78 is 0. The van der Waals surface area contributed by atoms with Crippen LogP contribution in [0, 0.1) is 0 Å². The highest BCUT2D eigenvalue weighted by molar-refractivity contribution is 5.83. The standard InChI is InChI=1S/C8H16N4.C2H4/c1-6-4-5-12(11-6)8(3)7(2)10-9;1-2/h8,10H,2,4-5,9H2,1,3H3;1-2H2. The molecule has 1 aliphatic rings. The van der Waals surface area contributed by atoms with Crippen LogP contribution in [0.2, 0.25) is 0 Å². The van der Waals surface area contributed by atoms with Crippen molar-refractivity contribution in [3.8, 4) is 0 Å². The lowest BCUT2D eigenvalue weighted by Crippen LogP contribution is -2.36. The fourth-order valence-corrected chi connectivity index (χ4v) is 1.18. The summed E-state index contributed by atoms with van der Waals surface area (Å²) in [7, 11) is 0. The second kappa shape index (κ2) is 6.21. The topological polar surface area (TPSA) is 53.6 Å². The van der Waals surface area contributed by atoms with Gasteiger partial charge in [0.05, 0.1) is 6.04 Å². The highest BCUT2D eigenvalue weighted by Gasteiger charge is 2.18. The Morgan fingerprint density at radius 1 is 1.64 bits per heavy atom. The van der Waals surface area contributed by atoms with Crippen molar-refractivity contribution in [3.63, 3.8) is 0 Å². The Morgan fingerprint density at radius 2 is 2.21 bits per heavy atom. The van der Waals surface area contributed by atoms with Crippen LogP contribution >= 0.6 is 0 Å². The monoisotopic (exact) mass is 196 g/mol. The zero-order chi connectivity index (χ0) is 11.1. The molecule has 0 aliphatic carbocycles. The molecule has 14 heavy (non-hydrogen) atoms. The molecule has 0 aromatic heterocycles. The van der Waals surface area contributed by atoms with Crippen molar-refractivity contribution in [1.29, 1.82) is 0 Å². The second-order valence-electron chi connectivity index (χ2n) is 3.09. The first-order valence-corrected chi connectivity index (χ1v) is 4.61. The Balaban J connectivity index is 0.000000791. The normalized spacial score (nSPS) is 16.5. The summed E-state index contributed by atoms with van der Waals surface area (Å²) >= 11 is 0. The van der Waals surface area contributed by atoms with E-state index in [4.69, 9.17) is 5.84 Å². The average molecular weight is 196 g/mol. The summed E-state index contributed by atoms with van der Waals surface area (Å²) in [6.07, 6.45) is 1.04. The minimum absolute atomic E-state index is 0.174. The first-order valence-electron chi connectivity index (χ1n) is 4.61. The molecule has 0 saturated heterocycles. The molecule has 0 spiro atoms. The fraction of sp³-hybridized carbons (Fsp3) is 0.500. The van der Waals surface area contributed by atoms with E-state index in [0.29, 0.717) is 0 Å². The predicted molar refractivity (Wildman–Crippen MR) is 61.6 cm³/mol. The minimum atomic E-state index is 0.174. The summed E-state index contributed by atoms with van der Waals surface area (Å²) in [5.41, 5.74) is 4.52. The van der Waals surface area contributed by atoms with Crippen molar-refractivity contribution < 1.29 is 0 Å². The summed E-state index contributed by atoms with van der Waals surface area (Å²) in [6, 6.07) is 0.174. The van der Waals surface area contributed by atoms with Gasteiger partial charge in [-0.2, -0.15) is 5.10 Å². The van der Waals surface area contributed by atoms with Gasteiger partial charge in [-0.25, -0.2) is 0 Å². The number of hydrogen-bond acceptors (Lipinski definition) is 4. The molecule has 0 aromatic rings. The second-order valence-corrected chi connectivity index (χ2v) is 3.09. The van der Waals surface area contributed by atoms with E-state index >= 15 is 0 Å². The van der Waals surface area contributed by atoms with Gasteiger partial charge >= 0.3 is 0 Å². The molecule has 80 valence electrons. The molecule has 3 N–H and O–H groups in total. The van der Waals surface area contributed by atoms with Gasteiger partial charge in [0.25, 0.3) is 0 Å². The molecule has 0 aromatic carbocycles. The molecule has 1 atom stereocenters. The molecular formula is C10H20N4. The maximum atomic E-state index is 5.25. The van der Waals surface area contributed by atoms with Crippen LogP contribution in [0.1, 0.15) is 20.3 Å². The van der Waals surface area contributed by atoms with Gasteiger partial charge in [0.15, 0.2) is 0 Å². The van der Waals surface area contributed by atoms with Gasteiger partial charge in [-0.1, -0.05) is 6.58 Å². The van der Waals surface area contributed by atoms with Crippen LogP contribution in [0.5, 0.6) is 0 Å². The molecule has 0 amide bonds. The highest BCUT2D eigenvalue weighted by atomic mass is 15.5. The maximum absolute atomic E-state index is 5.25. The van der Waals surface area contributed by atoms with Gasteiger partial charge < -0.3 is 5.43 Å². The fourth-order valence-electron chi connectivity index (χ4n) is 1.18. The third-order valence-electron chi connectivity index (χ3n) is 2.14. The van der Waals surface area contributed by atoms with Crippen LogP contribution < -0.4 is 11.3 Å². The summed E-state index contributed by atoms with van der Waals surface area (Å²) in [5.74, 6) is 5.25. The van der Waals surface area contributed by atoms with Crippen LogP contribution in [-0.2, 0) is 0 Å². The van der Waals surface area contributed by atoms with E-state index in [1.54, 1.807) is 0 Å². The van der Waals surface area contributed by atoms with Crippen molar-refractivity contribution in [2.75, 3.05) is 6.54 Å². The molecule has 0 fully saturated rings. The zero-order valence-electron chi connectivity index (χ0n) is 9.08. The van der Waals surface area contributed by atoms with E-state index in [1.165, 1.54) is 5.71 Å². The van der Waals surface area contributed by atoms with Gasteiger partial charge in [-0.3, -0.25) is 10.9 Å². The lowest BCUT2D eigenvalue weighted by Gasteiger charge is -2.23. The number of rotatable bonds is 3. The Hall–Kier alpha value is -1.29. The Morgan fingerprint density at radius 3 is 2.57 bits per heavy atom. The summed E-state index contributed by atoms with van der Waals surface area (Å²) in [6.45, 7) is 14.8. The highest BCUT2D eigenvalue weighted by Crippen LogP contribution is 2.13. The quantitative estimate of drug-likeness (QED) is 0.405. The van der Waals surface area contributed by atoms with Gasteiger partial charge in [-0.05, 0) is 13.8 Å². The predicted octanol–water partition coefficient (Wildman–Crippen LogP) is 1.24. The molecule has 1 rings (SSSR count). The van der Waals surface area contributed by atoms with E-state index < -0.39 is 0 Å². The molecule has 0 radical (unpaired) electrons. The molecule has 1 aliphatic heterocycles. The van der Waals surface area contributed by atoms with Crippen LogP contribution in [0.3, 0.4) is 0 Å². The van der Waals surface area contributed by atoms with E-state index in [1.807, 2.05) is 18.9 Å². The van der Waals surface area contributed by atoms with E-state index in [0.717, 1.165) is 18.7 Å². The van der Waals surface area contributed by atoms with Gasteiger partial charge in [0, 0.05) is 24.4 Å². The van der Waals surface area contributed by atoms with Crippen molar-refractivity contribution >= 4 is 5.71 Å². The lowest BCUT2D eigenvalue weighted by atomic mass is 10.2. The van der Waals surface area contributed by atoms with Crippen LogP contribution in [0.25, 0.3) is 0 Å². The summed E-state index contributed by atoms with van der Waals surface area (Å²) in [5, 5.41) is 6.35. The molecule has 4 nitrogen and oxygen atoms in total. The van der Waals surface area contributed by atoms with Crippen molar-refractivity contribution in [1.82, 2.24) is 10.4 Å². The van der Waals surface area contributed by atoms with Crippen LogP contribution in [-0.4, -0.2) is 23.3 Å². The Kier molecular flexibility index (Phi) is 5.64. The number of nitrogens with one attached hydrogen (secondary N) is 1. The maximum Gasteiger partial charge on any atom is 0.0844 e. The van der Waals surface area contributed by atoms with Gasteiger partial charge in [0.1, 0.15) is 0 Å². The Labute approximate surface area is 86.1 Å². The zero-order valence-corrected chi connectivity index (χ0v) is 9.08. The minimum Gasteiger partial charge on any atom is -0.327 e. The van der Waals surface area contributed by atoms with Crippen molar-refractivity contribution in [3.05, 3.63) is 25.4 Å². The third-order valence-corrected chi connectivity index (χ3v) is 2.14. The van der Waals surface area contributed by atoms with Crippen LogP contribution in [0.4, 0.5) is 0 Å².